The van der Waals surface area contributed by atoms with E-state index in [2.05, 4.69) is 53.2 Å². The number of imide groups is 1. The zero-order valence-electron chi connectivity index (χ0n) is 28.9. The van der Waals surface area contributed by atoms with Crippen molar-refractivity contribution >= 4 is 46.2 Å². The molecule has 260 valence electrons. The normalized spacial score (nSPS) is 21.0. The molecule has 4 aliphatic rings. The Balaban J connectivity index is 0.845. The standard InChI is InChI=1S/C38H45N9O3/c1-44(2)36(50)31-19-27-21-40-37(43-34(27)47(31)29-5-3-4-6-29)41-32-13-7-25(20-39-32)22-45-17-15-38(16-18-45)23-46(24-38)28-10-8-26(9-11-28)30-12-14-33(48)42-35(30)49/h7-11,13,19-21,29-30H,3-6,12,14-18,22-24H2,1-2H3,(H,42,48,49)(H,39,40,41,43). The van der Waals surface area contributed by atoms with Crippen LogP contribution in [-0.4, -0.2) is 87.3 Å². The lowest BCUT2D eigenvalue weighted by atomic mass is 9.71. The first-order valence-electron chi connectivity index (χ1n) is 18.0. The number of rotatable bonds is 8. The van der Waals surface area contributed by atoms with E-state index >= 15 is 0 Å². The van der Waals surface area contributed by atoms with Gasteiger partial charge in [-0.3, -0.25) is 24.6 Å². The van der Waals surface area contributed by atoms with Gasteiger partial charge in [0.25, 0.3) is 5.91 Å². The fraction of sp³-hybridized carbons (Fsp3) is 0.474. The molecule has 4 aromatic rings. The number of hydrogen-bond acceptors (Lipinski definition) is 9. The lowest BCUT2D eigenvalue weighted by molar-refractivity contribution is -0.134. The number of carbonyl (C=O) groups excluding carboxylic acids is 3. The molecule has 1 aromatic carbocycles. The average molecular weight is 676 g/mol. The monoisotopic (exact) mass is 675 g/mol. The molecule has 1 atom stereocenters. The molecule has 2 N–H and O–H groups in total. The molecule has 1 spiro atoms. The Morgan fingerprint density at radius 2 is 1.74 bits per heavy atom. The smallest absolute Gasteiger partial charge is 0.270 e. The summed E-state index contributed by atoms with van der Waals surface area (Å²) in [6, 6.07) is 14.6. The van der Waals surface area contributed by atoms with Crippen molar-refractivity contribution in [1.29, 1.82) is 0 Å². The Kier molecular flexibility index (Phi) is 8.50. The van der Waals surface area contributed by atoms with Gasteiger partial charge in [0.05, 0.1) is 5.92 Å². The number of anilines is 3. The molecule has 3 amide bonds. The Morgan fingerprint density at radius 3 is 2.42 bits per heavy atom. The molecule has 1 aliphatic carbocycles. The summed E-state index contributed by atoms with van der Waals surface area (Å²) in [7, 11) is 3.57. The van der Waals surface area contributed by atoms with Crippen LogP contribution in [-0.2, 0) is 16.1 Å². The highest BCUT2D eigenvalue weighted by atomic mass is 16.2. The summed E-state index contributed by atoms with van der Waals surface area (Å²) >= 11 is 0. The number of fused-ring (bicyclic) bond motifs is 1. The zero-order chi connectivity index (χ0) is 34.4. The SMILES string of the molecule is CN(C)C(=O)c1cc2cnc(Nc3ccc(CN4CCC5(CC4)CN(c4ccc(C6CCC(=O)NC6=O)cc4)C5)cn3)nc2n1C1CCCC1. The number of benzene rings is 1. The van der Waals surface area contributed by atoms with Crippen LogP contribution in [0.25, 0.3) is 11.0 Å². The molecule has 50 heavy (non-hydrogen) atoms. The van der Waals surface area contributed by atoms with Crippen LogP contribution in [0, 0.1) is 5.41 Å². The molecule has 12 nitrogen and oxygen atoms in total. The lowest BCUT2D eigenvalue weighted by Crippen LogP contribution is -2.60. The highest BCUT2D eigenvalue weighted by Gasteiger charge is 2.45. The lowest BCUT2D eigenvalue weighted by Gasteiger charge is -2.55. The second kappa shape index (κ2) is 13.1. The molecule has 6 heterocycles. The minimum Gasteiger partial charge on any atom is -0.370 e. The van der Waals surface area contributed by atoms with Gasteiger partial charge in [0.2, 0.25) is 17.8 Å². The summed E-state index contributed by atoms with van der Waals surface area (Å²) in [5, 5.41) is 6.62. The van der Waals surface area contributed by atoms with Crippen molar-refractivity contribution in [1.82, 2.24) is 34.6 Å². The second-order valence-corrected chi connectivity index (χ2v) is 14.9. The van der Waals surface area contributed by atoms with E-state index in [1.165, 1.54) is 24.1 Å². The van der Waals surface area contributed by atoms with Gasteiger partial charge in [0, 0.05) is 75.1 Å². The predicted molar refractivity (Wildman–Crippen MR) is 191 cm³/mol. The first kappa shape index (κ1) is 32.4. The van der Waals surface area contributed by atoms with Gasteiger partial charge in [-0.2, -0.15) is 4.98 Å². The molecule has 3 saturated heterocycles. The van der Waals surface area contributed by atoms with E-state index in [4.69, 9.17) is 4.98 Å². The topological polar surface area (TPSA) is 129 Å². The number of hydrogen-bond donors (Lipinski definition) is 2. The summed E-state index contributed by atoms with van der Waals surface area (Å²) in [5.74, 6) is 0.541. The van der Waals surface area contributed by atoms with Crippen LogP contribution in [0.15, 0.2) is 54.9 Å². The third-order valence-electron chi connectivity index (χ3n) is 11.2. The molecule has 1 unspecified atom stereocenters. The van der Waals surface area contributed by atoms with Gasteiger partial charge in [-0.25, -0.2) is 9.97 Å². The number of carbonyl (C=O) groups is 3. The number of likely N-dealkylation sites (tertiary alicyclic amines) is 1. The fourth-order valence-electron chi connectivity index (χ4n) is 8.34. The maximum Gasteiger partial charge on any atom is 0.270 e. The van der Waals surface area contributed by atoms with E-state index in [1.54, 1.807) is 25.2 Å². The van der Waals surface area contributed by atoms with Crippen LogP contribution < -0.4 is 15.5 Å². The van der Waals surface area contributed by atoms with Gasteiger partial charge < -0.3 is 19.7 Å². The van der Waals surface area contributed by atoms with Gasteiger partial charge in [0.1, 0.15) is 17.2 Å². The first-order chi connectivity index (χ1) is 24.2. The Bertz CT molecular complexity index is 1900. The van der Waals surface area contributed by atoms with Crippen molar-refractivity contribution in [2.24, 2.45) is 5.41 Å². The van der Waals surface area contributed by atoms with Gasteiger partial charge >= 0.3 is 0 Å². The number of amides is 3. The quantitative estimate of drug-likeness (QED) is 0.248. The molecule has 0 bridgehead atoms. The van der Waals surface area contributed by atoms with Crippen LogP contribution >= 0.6 is 0 Å². The van der Waals surface area contributed by atoms with Gasteiger partial charge in [-0.1, -0.05) is 31.0 Å². The van der Waals surface area contributed by atoms with Crippen LogP contribution in [0.4, 0.5) is 17.5 Å². The average Bonchev–Trinajstić information content (AvgIpc) is 3.76. The van der Waals surface area contributed by atoms with Crippen molar-refractivity contribution in [2.45, 2.75) is 69.9 Å². The highest BCUT2D eigenvalue weighted by Crippen LogP contribution is 2.43. The molecule has 1 saturated carbocycles. The molecule has 3 aliphatic heterocycles. The molecular weight excluding hydrogens is 630 g/mol. The number of piperidine rings is 2. The van der Waals surface area contributed by atoms with Gasteiger partial charge in [0.15, 0.2) is 0 Å². The summed E-state index contributed by atoms with van der Waals surface area (Å²) in [5.41, 5.74) is 5.18. The number of nitrogens with one attached hydrogen (secondary N) is 2. The van der Waals surface area contributed by atoms with E-state index in [-0.39, 0.29) is 29.7 Å². The summed E-state index contributed by atoms with van der Waals surface area (Å²) < 4.78 is 2.13. The van der Waals surface area contributed by atoms with E-state index in [1.807, 2.05) is 30.5 Å². The molecule has 4 fully saturated rings. The predicted octanol–water partition coefficient (Wildman–Crippen LogP) is 5.01. The highest BCUT2D eigenvalue weighted by molar-refractivity contribution is 6.01. The van der Waals surface area contributed by atoms with E-state index < -0.39 is 0 Å². The van der Waals surface area contributed by atoms with Crippen molar-refractivity contribution < 1.29 is 14.4 Å². The first-order valence-corrected chi connectivity index (χ1v) is 18.0. The van der Waals surface area contributed by atoms with Crippen molar-refractivity contribution in [2.75, 3.05) is 50.5 Å². The summed E-state index contributed by atoms with van der Waals surface area (Å²) in [6.07, 6.45) is 11.5. The summed E-state index contributed by atoms with van der Waals surface area (Å²) in [4.78, 5) is 57.5. The van der Waals surface area contributed by atoms with Crippen LogP contribution in [0.1, 0.15) is 84.9 Å². The molecular formula is C38H45N9O3. The van der Waals surface area contributed by atoms with Crippen molar-refractivity contribution in [3.05, 3.63) is 71.7 Å². The number of aromatic nitrogens is 4. The zero-order valence-corrected chi connectivity index (χ0v) is 28.9. The van der Waals surface area contributed by atoms with E-state index in [0.717, 1.165) is 75.0 Å². The minimum atomic E-state index is -0.240. The minimum absolute atomic E-state index is 0.0177. The maximum atomic E-state index is 13.0. The Morgan fingerprint density at radius 1 is 0.980 bits per heavy atom. The molecule has 8 rings (SSSR count). The fourth-order valence-corrected chi connectivity index (χ4v) is 8.34. The van der Waals surface area contributed by atoms with Crippen LogP contribution in [0.3, 0.4) is 0 Å². The van der Waals surface area contributed by atoms with Gasteiger partial charge in [-0.15, -0.1) is 0 Å². The second-order valence-electron chi connectivity index (χ2n) is 14.9. The third-order valence-corrected chi connectivity index (χ3v) is 11.2. The molecule has 0 radical (unpaired) electrons. The van der Waals surface area contributed by atoms with Gasteiger partial charge in [-0.05, 0) is 80.6 Å². The largest absolute Gasteiger partial charge is 0.370 e. The Hall–Kier alpha value is -4.84. The van der Waals surface area contributed by atoms with Crippen LogP contribution in [0.2, 0.25) is 0 Å². The molecule has 3 aromatic heterocycles. The van der Waals surface area contributed by atoms with Crippen molar-refractivity contribution in [3.8, 4) is 0 Å². The number of nitrogens with zero attached hydrogens (tertiary/aromatic N) is 7. The van der Waals surface area contributed by atoms with E-state index in [9.17, 15) is 14.4 Å². The number of pyridine rings is 1. The summed E-state index contributed by atoms with van der Waals surface area (Å²) in [6.45, 7) is 5.12. The van der Waals surface area contributed by atoms with Crippen LogP contribution in [0.5, 0.6) is 0 Å². The van der Waals surface area contributed by atoms with E-state index in [0.29, 0.717) is 35.7 Å². The van der Waals surface area contributed by atoms with Crippen molar-refractivity contribution in [3.63, 3.8) is 0 Å². The third kappa shape index (κ3) is 6.32. The Labute approximate surface area is 292 Å². The maximum absolute atomic E-state index is 13.0. The molecule has 12 heteroatoms.